The molecule has 0 N–H and O–H groups in total. The van der Waals surface area contributed by atoms with E-state index in [1.54, 1.807) is 0 Å². The first-order valence-electron chi connectivity index (χ1n) is 6.04. The molecule has 0 nitrogen and oxygen atoms in total. The van der Waals surface area contributed by atoms with Gasteiger partial charge in [0, 0.05) is 0 Å². The van der Waals surface area contributed by atoms with Crippen LogP contribution in [0.4, 0.5) is 0 Å². The van der Waals surface area contributed by atoms with Crippen molar-refractivity contribution in [3.05, 3.63) is 0 Å². The molecule has 0 heterocycles. The Morgan fingerprint density at radius 3 is 2.00 bits per heavy atom. The zero-order valence-corrected chi connectivity index (χ0v) is 10.2. The molecule has 1 heteroatoms. The average Bonchev–Trinajstić information content (AvgIpc) is 2.20. The monoisotopic (exact) mass is 245 g/mol. The van der Waals surface area contributed by atoms with Crippen LogP contribution in [0.25, 0.3) is 0 Å². The minimum absolute atomic E-state index is 0.914. The van der Waals surface area contributed by atoms with Crippen LogP contribution in [-0.4, -0.2) is 16.0 Å². The Bertz CT molecular complexity index is 149. The molecule has 0 spiro atoms. The summed E-state index contributed by atoms with van der Waals surface area (Å²) in [5, 5.41) is 0. The predicted molar refractivity (Wildman–Crippen MR) is 58.0 cm³/mol. The average molecular weight is 244 g/mol. The molecule has 0 aliphatic heterocycles. The van der Waals surface area contributed by atoms with Gasteiger partial charge in [0.2, 0.25) is 0 Å². The third-order valence-electron chi connectivity index (χ3n) is 4.01. The summed E-state index contributed by atoms with van der Waals surface area (Å²) in [5.74, 6) is 2.13. The summed E-state index contributed by atoms with van der Waals surface area (Å²) >= 11 is 3.43. The van der Waals surface area contributed by atoms with Crippen LogP contribution in [-0.2, 0) is 0 Å². The second-order valence-electron chi connectivity index (χ2n) is 4.88. The minimum atomic E-state index is 0.914. The van der Waals surface area contributed by atoms with Crippen LogP contribution in [0.15, 0.2) is 0 Å². The van der Waals surface area contributed by atoms with Crippen LogP contribution >= 0.6 is 0 Å². The van der Waals surface area contributed by atoms with Crippen molar-refractivity contribution in [3.8, 4) is 0 Å². The van der Waals surface area contributed by atoms with Gasteiger partial charge in [-0.3, -0.25) is 0 Å². The van der Waals surface area contributed by atoms with Gasteiger partial charge in [0.15, 0.2) is 0 Å². The summed E-state index contributed by atoms with van der Waals surface area (Å²) in [6.45, 7) is 0. The second kappa shape index (κ2) is 4.84. The number of hydrogen-bond donors (Lipinski definition) is 0. The molecule has 0 aromatic rings. The van der Waals surface area contributed by atoms with E-state index in [1.807, 2.05) is 0 Å². The molecule has 2 saturated carbocycles. The SMILES string of the molecule is [Se]C1CCCCC1C1CCCCC1. The Balaban J connectivity index is 1.88. The van der Waals surface area contributed by atoms with Crippen molar-refractivity contribution in [1.82, 2.24) is 0 Å². The van der Waals surface area contributed by atoms with E-state index in [0.717, 1.165) is 16.7 Å². The molecule has 0 aromatic carbocycles. The molecule has 1 radical (unpaired) electrons. The fourth-order valence-corrected chi connectivity index (χ4v) is 4.33. The van der Waals surface area contributed by atoms with E-state index in [-0.39, 0.29) is 0 Å². The van der Waals surface area contributed by atoms with Crippen LogP contribution in [0.5, 0.6) is 0 Å². The molecule has 2 rings (SSSR count). The van der Waals surface area contributed by atoms with Gasteiger partial charge in [-0.05, 0) is 0 Å². The fourth-order valence-electron chi connectivity index (χ4n) is 3.23. The van der Waals surface area contributed by atoms with Crippen LogP contribution in [0.3, 0.4) is 0 Å². The van der Waals surface area contributed by atoms with Crippen LogP contribution in [0.1, 0.15) is 57.8 Å². The topological polar surface area (TPSA) is 0 Å². The molecule has 2 aliphatic carbocycles. The van der Waals surface area contributed by atoms with Crippen molar-refractivity contribution < 1.29 is 0 Å². The molecule has 2 aliphatic rings. The summed E-state index contributed by atoms with van der Waals surface area (Å²) in [7, 11) is 0. The van der Waals surface area contributed by atoms with E-state index in [0.29, 0.717) is 0 Å². The molecule has 0 amide bonds. The normalized spacial score (nSPS) is 37.6. The van der Waals surface area contributed by atoms with Gasteiger partial charge in [0.05, 0.1) is 0 Å². The molecule has 0 aromatic heterocycles. The molecule has 2 atom stereocenters. The second-order valence-corrected chi connectivity index (χ2v) is 6.16. The van der Waals surface area contributed by atoms with Gasteiger partial charge >= 0.3 is 90.5 Å². The summed E-state index contributed by atoms with van der Waals surface area (Å²) in [6.07, 6.45) is 13.5. The molecular weight excluding hydrogens is 223 g/mol. The first kappa shape index (κ1) is 10.1. The van der Waals surface area contributed by atoms with E-state index in [1.165, 1.54) is 57.8 Å². The van der Waals surface area contributed by atoms with Crippen LogP contribution < -0.4 is 0 Å². The third-order valence-corrected chi connectivity index (χ3v) is 5.24. The van der Waals surface area contributed by atoms with Crippen LogP contribution in [0, 0.1) is 11.8 Å². The summed E-state index contributed by atoms with van der Waals surface area (Å²) < 4.78 is 0. The zero-order chi connectivity index (χ0) is 9.10. The maximum absolute atomic E-state index is 3.43. The van der Waals surface area contributed by atoms with E-state index in [2.05, 4.69) is 16.0 Å². The van der Waals surface area contributed by atoms with Gasteiger partial charge in [-0.1, -0.05) is 0 Å². The van der Waals surface area contributed by atoms with E-state index >= 15 is 0 Å². The van der Waals surface area contributed by atoms with E-state index in [9.17, 15) is 0 Å². The zero-order valence-electron chi connectivity index (χ0n) is 8.50. The van der Waals surface area contributed by atoms with Crippen molar-refractivity contribution in [3.63, 3.8) is 0 Å². The summed E-state index contributed by atoms with van der Waals surface area (Å²) in [6, 6.07) is 0. The quantitative estimate of drug-likeness (QED) is 0.617. The molecular formula is C12H21Se. The first-order valence-corrected chi connectivity index (χ1v) is 7.02. The van der Waals surface area contributed by atoms with Crippen molar-refractivity contribution in [2.45, 2.75) is 62.6 Å². The van der Waals surface area contributed by atoms with Crippen molar-refractivity contribution >= 4 is 16.0 Å². The van der Waals surface area contributed by atoms with Gasteiger partial charge < -0.3 is 0 Å². The molecule has 75 valence electrons. The summed E-state index contributed by atoms with van der Waals surface area (Å²) in [5.41, 5.74) is 0. The molecule has 2 fully saturated rings. The van der Waals surface area contributed by atoms with Gasteiger partial charge in [0.1, 0.15) is 0 Å². The van der Waals surface area contributed by atoms with Crippen molar-refractivity contribution in [2.24, 2.45) is 11.8 Å². The van der Waals surface area contributed by atoms with E-state index in [4.69, 9.17) is 0 Å². The molecule has 0 bridgehead atoms. The van der Waals surface area contributed by atoms with Crippen LogP contribution in [0.2, 0.25) is 4.82 Å². The number of hydrogen-bond acceptors (Lipinski definition) is 0. The van der Waals surface area contributed by atoms with Gasteiger partial charge in [-0.2, -0.15) is 0 Å². The van der Waals surface area contributed by atoms with Crippen molar-refractivity contribution in [2.75, 3.05) is 0 Å². The van der Waals surface area contributed by atoms with Gasteiger partial charge in [-0.15, -0.1) is 0 Å². The first-order chi connectivity index (χ1) is 6.38. The fraction of sp³-hybridized carbons (Fsp3) is 1.00. The van der Waals surface area contributed by atoms with E-state index < -0.39 is 0 Å². The molecule has 0 saturated heterocycles. The maximum atomic E-state index is 3.43. The number of rotatable bonds is 1. The Labute approximate surface area is 90.7 Å². The van der Waals surface area contributed by atoms with Gasteiger partial charge in [-0.25, -0.2) is 0 Å². The van der Waals surface area contributed by atoms with Crippen molar-refractivity contribution in [1.29, 1.82) is 0 Å². The standard InChI is InChI=1S/C12H21Se/c13-12-9-5-4-8-11(12)10-6-2-1-3-7-10/h10-12H,1-9H2. The van der Waals surface area contributed by atoms with Gasteiger partial charge in [0.25, 0.3) is 0 Å². The Morgan fingerprint density at radius 2 is 1.31 bits per heavy atom. The Kier molecular flexibility index (Phi) is 3.75. The third kappa shape index (κ3) is 2.50. The Hall–Kier alpha value is 0.519. The summed E-state index contributed by atoms with van der Waals surface area (Å²) in [4.78, 5) is 0.914. The molecule has 2 unspecified atom stereocenters. The Morgan fingerprint density at radius 1 is 0.692 bits per heavy atom. The molecule has 13 heavy (non-hydrogen) atoms. The predicted octanol–water partition coefficient (Wildman–Crippen LogP) is 3.71.